The summed E-state index contributed by atoms with van der Waals surface area (Å²) in [6, 6.07) is 10.7. The quantitative estimate of drug-likeness (QED) is 0.635. The van der Waals surface area contributed by atoms with Crippen molar-refractivity contribution in [2.45, 2.75) is 50.7 Å². The van der Waals surface area contributed by atoms with Gasteiger partial charge in [-0.25, -0.2) is 8.78 Å². The van der Waals surface area contributed by atoms with Crippen LogP contribution in [0.3, 0.4) is 0 Å². The molecule has 1 fully saturated rings. The molecule has 6 nitrogen and oxygen atoms in total. The summed E-state index contributed by atoms with van der Waals surface area (Å²) in [4.78, 5) is 16.8. The molecule has 8 heteroatoms. The number of amides is 1. The lowest BCUT2D eigenvalue weighted by Crippen LogP contribution is -2.50. The third kappa shape index (κ3) is 5.02. The molecule has 0 spiro atoms. The van der Waals surface area contributed by atoms with Crippen LogP contribution in [0, 0.1) is 6.92 Å². The number of aromatic nitrogens is 3. The number of aliphatic hydroxyl groups is 1. The number of alkyl halides is 2. The van der Waals surface area contributed by atoms with Gasteiger partial charge in [0.15, 0.2) is 0 Å². The molecule has 32 heavy (non-hydrogen) atoms. The Hall–Kier alpha value is -3.13. The number of hydrogen-bond acceptors (Lipinski definition) is 4. The molecule has 1 saturated carbocycles. The summed E-state index contributed by atoms with van der Waals surface area (Å²) in [5, 5.41) is 17.0. The Kier molecular flexibility index (Phi) is 6.06. The van der Waals surface area contributed by atoms with Crippen molar-refractivity contribution in [2.75, 3.05) is 0 Å². The van der Waals surface area contributed by atoms with Crippen molar-refractivity contribution < 1.29 is 18.7 Å². The second-order valence-electron chi connectivity index (χ2n) is 8.49. The van der Waals surface area contributed by atoms with E-state index in [4.69, 9.17) is 0 Å². The fourth-order valence-corrected chi connectivity index (χ4v) is 3.97. The number of pyridine rings is 1. The minimum atomic E-state index is -2.88. The van der Waals surface area contributed by atoms with Gasteiger partial charge >= 0.3 is 0 Å². The zero-order valence-electron chi connectivity index (χ0n) is 18.1. The lowest BCUT2D eigenvalue weighted by molar-refractivity contribution is -0.0768. The Morgan fingerprint density at radius 2 is 2.03 bits per heavy atom. The van der Waals surface area contributed by atoms with Crippen molar-refractivity contribution in [2.24, 2.45) is 7.05 Å². The normalized spacial score (nSPS) is 20.2. The maximum absolute atomic E-state index is 13.7. The molecule has 168 valence electrons. The number of rotatable bonds is 5. The van der Waals surface area contributed by atoms with Gasteiger partial charge < -0.3 is 10.4 Å². The SMILES string of the molecule is Cc1cnc(C(=O)NC2CC(F)(F)CCC2O)cc1Cc1ccc(-c2ccn(C)n2)cc1. The summed E-state index contributed by atoms with van der Waals surface area (Å²) >= 11 is 0. The lowest BCUT2D eigenvalue weighted by atomic mass is 9.89. The highest BCUT2D eigenvalue weighted by Crippen LogP contribution is 2.33. The van der Waals surface area contributed by atoms with Crippen LogP contribution in [0.15, 0.2) is 48.8 Å². The van der Waals surface area contributed by atoms with Gasteiger partial charge in [-0.2, -0.15) is 5.10 Å². The summed E-state index contributed by atoms with van der Waals surface area (Å²) in [6.45, 7) is 1.91. The fourth-order valence-electron chi connectivity index (χ4n) is 3.97. The Bertz CT molecular complexity index is 1110. The molecule has 0 radical (unpaired) electrons. The predicted molar refractivity (Wildman–Crippen MR) is 116 cm³/mol. The molecule has 3 aromatic rings. The number of aryl methyl sites for hydroxylation is 2. The van der Waals surface area contributed by atoms with Crippen LogP contribution in [0.2, 0.25) is 0 Å². The van der Waals surface area contributed by atoms with Gasteiger partial charge in [-0.3, -0.25) is 14.5 Å². The van der Waals surface area contributed by atoms with Crippen LogP contribution in [0.5, 0.6) is 0 Å². The first-order valence-corrected chi connectivity index (χ1v) is 10.6. The minimum Gasteiger partial charge on any atom is -0.391 e. The van der Waals surface area contributed by atoms with E-state index in [1.54, 1.807) is 16.9 Å². The molecule has 0 aliphatic heterocycles. The summed E-state index contributed by atoms with van der Waals surface area (Å²) in [6.07, 6.45) is 2.14. The maximum atomic E-state index is 13.7. The second kappa shape index (κ2) is 8.78. The average molecular weight is 440 g/mol. The molecule has 0 saturated heterocycles. The van der Waals surface area contributed by atoms with Crippen LogP contribution in [-0.4, -0.2) is 43.8 Å². The number of halogens is 2. The molecule has 2 atom stereocenters. The molecule has 2 aromatic heterocycles. The van der Waals surface area contributed by atoms with Crippen molar-refractivity contribution in [3.8, 4) is 11.3 Å². The molecule has 2 unspecified atom stereocenters. The van der Waals surface area contributed by atoms with E-state index >= 15 is 0 Å². The number of carbonyl (C=O) groups excluding carboxylic acids is 1. The average Bonchev–Trinajstić information content (AvgIpc) is 3.19. The molecule has 1 aromatic carbocycles. The van der Waals surface area contributed by atoms with Gasteiger partial charge in [-0.1, -0.05) is 24.3 Å². The molecular formula is C24H26F2N4O2. The second-order valence-corrected chi connectivity index (χ2v) is 8.49. The number of carbonyl (C=O) groups is 1. The Balaban J connectivity index is 1.47. The zero-order valence-corrected chi connectivity index (χ0v) is 18.1. The van der Waals surface area contributed by atoms with Gasteiger partial charge in [-0.15, -0.1) is 0 Å². The lowest BCUT2D eigenvalue weighted by Gasteiger charge is -2.33. The summed E-state index contributed by atoms with van der Waals surface area (Å²) in [7, 11) is 1.87. The number of benzene rings is 1. The highest BCUT2D eigenvalue weighted by molar-refractivity contribution is 5.92. The van der Waals surface area contributed by atoms with Crippen molar-refractivity contribution in [1.29, 1.82) is 0 Å². The molecule has 1 amide bonds. The smallest absolute Gasteiger partial charge is 0.270 e. The third-order valence-corrected chi connectivity index (χ3v) is 5.91. The number of hydrogen-bond donors (Lipinski definition) is 2. The van der Waals surface area contributed by atoms with E-state index in [1.165, 1.54) is 0 Å². The van der Waals surface area contributed by atoms with Gasteiger partial charge in [0.1, 0.15) is 5.69 Å². The van der Waals surface area contributed by atoms with Gasteiger partial charge in [0, 0.05) is 37.8 Å². The van der Waals surface area contributed by atoms with Gasteiger partial charge in [0.05, 0.1) is 17.8 Å². The van der Waals surface area contributed by atoms with Crippen molar-refractivity contribution in [1.82, 2.24) is 20.1 Å². The van der Waals surface area contributed by atoms with Gasteiger partial charge in [0.25, 0.3) is 5.91 Å². The van der Waals surface area contributed by atoms with E-state index < -0.39 is 30.4 Å². The third-order valence-electron chi connectivity index (χ3n) is 5.91. The van der Waals surface area contributed by atoms with E-state index in [9.17, 15) is 18.7 Å². The topological polar surface area (TPSA) is 80.0 Å². The van der Waals surface area contributed by atoms with E-state index in [0.29, 0.717) is 6.42 Å². The Morgan fingerprint density at radius 3 is 2.72 bits per heavy atom. The standard InChI is InChI=1S/C24H26F2N4O2/c1-15-14-27-20(23(32)28-21-13-24(25,26)9-7-22(21)31)12-18(15)11-16-3-5-17(6-4-16)19-8-10-30(2)29-19/h3-6,8,10,12,14,21-22,31H,7,9,11,13H2,1-2H3,(H,28,32). The molecular weight excluding hydrogens is 414 g/mol. The Labute approximate surface area is 185 Å². The number of nitrogens with one attached hydrogen (secondary N) is 1. The first kappa shape index (κ1) is 22.1. The summed E-state index contributed by atoms with van der Waals surface area (Å²) in [5.41, 5.74) is 4.98. The van der Waals surface area contributed by atoms with Crippen molar-refractivity contribution in [3.05, 3.63) is 71.2 Å². The molecule has 2 N–H and O–H groups in total. The number of aliphatic hydroxyl groups excluding tert-OH is 1. The molecule has 0 bridgehead atoms. The van der Waals surface area contributed by atoms with Crippen LogP contribution < -0.4 is 5.32 Å². The Morgan fingerprint density at radius 1 is 1.28 bits per heavy atom. The van der Waals surface area contributed by atoms with Crippen molar-refractivity contribution >= 4 is 5.91 Å². The van der Waals surface area contributed by atoms with E-state index in [-0.39, 0.29) is 18.5 Å². The monoisotopic (exact) mass is 440 g/mol. The first-order valence-electron chi connectivity index (χ1n) is 10.6. The van der Waals surface area contributed by atoms with Crippen LogP contribution in [0.1, 0.15) is 46.4 Å². The highest BCUT2D eigenvalue weighted by Gasteiger charge is 2.41. The van der Waals surface area contributed by atoms with Crippen molar-refractivity contribution in [3.63, 3.8) is 0 Å². The van der Waals surface area contributed by atoms with E-state index in [0.717, 1.165) is 27.9 Å². The minimum absolute atomic E-state index is 0.0426. The predicted octanol–water partition coefficient (Wildman–Crippen LogP) is 3.66. The fraction of sp³-hybridized carbons (Fsp3) is 0.375. The zero-order chi connectivity index (χ0) is 22.9. The summed E-state index contributed by atoms with van der Waals surface area (Å²) in [5.74, 6) is -3.44. The van der Waals surface area contributed by atoms with Crippen LogP contribution >= 0.6 is 0 Å². The molecule has 4 rings (SSSR count). The highest BCUT2D eigenvalue weighted by atomic mass is 19.3. The molecule has 1 aliphatic rings. The van der Waals surface area contributed by atoms with Gasteiger partial charge in [-0.05, 0) is 48.6 Å². The largest absolute Gasteiger partial charge is 0.391 e. The van der Waals surface area contributed by atoms with E-state index in [2.05, 4.69) is 15.4 Å². The van der Waals surface area contributed by atoms with E-state index in [1.807, 2.05) is 50.5 Å². The number of nitrogens with zero attached hydrogens (tertiary/aromatic N) is 3. The van der Waals surface area contributed by atoms with Crippen LogP contribution in [-0.2, 0) is 13.5 Å². The molecule has 2 heterocycles. The van der Waals surface area contributed by atoms with Crippen LogP contribution in [0.25, 0.3) is 11.3 Å². The maximum Gasteiger partial charge on any atom is 0.270 e. The van der Waals surface area contributed by atoms with Crippen LogP contribution in [0.4, 0.5) is 8.78 Å². The molecule has 1 aliphatic carbocycles. The first-order chi connectivity index (χ1) is 15.2. The van der Waals surface area contributed by atoms with Gasteiger partial charge in [0.2, 0.25) is 5.92 Å². The summed E-state index contributed by atoms with van der Waals surface area (Å²) < 4.78 is 29.1.